The first-order valence-electron chi connectivity index (χ1n) is 7.35. The van der Waals surface area contributed by atoms with Crippen LogP contribution in [0.1, 0.15) is 45.2 Å². The average molecular weight is 281 g/mol. The van der Waals surface area contributed by atoms with Crippen LogP contribution < -0.4 is 15.2 Å². The summed E-state index contributed by atoms with van der Waals surface area (Å²) in [5, 5.41) is 0. The summed E-state index contributed by atoms with van der Waals surface area (Å²) in [7, 11) is 1.71. The summed E-state index contributed by atoms with van der Waals surface area (Å²) in [5.41, 5.74) is 7.31. The fourth-order valence-electron chi connectivity index (χ4n) is 2.22. The van der Waals surface area contributed by atoms with Crippen LogP contribution in [-0.2, 0) is 4.74 Å². The Morgan fingerprint density at radius 2 is 1.70 bits per heavy atom. The Kier molecular flexibility index (Phi) is 7.41. The van der Waals surface area contributed by atoms with Gasteiger partial charge in [0, 0.05) is 7.11 Å². The topological polar surface area (TPSA) is 53.7 Å². The molecule has 20 heavy (non-hydrogen) atoms. The first-order valence-corrected chi connectivity index (χ1v) is 7.35. The number of ether oxygens (including phenoxy) is 3. The molecule has 0 bridgehead atoms. The predicted molar refractivity (Wildman–Crippen MR) is 81.4 cm³/mol. The number of hydrogen-bond donors (Lipinski definition) is 1. The van der Waals surface area contributed by atoms with Crippen molar-refractivity contribution in [2.75, 3.05) is 20.3 Å². The maximum atomic E-state index is 6.30. The molecule has 0 aliphatic rings. The van der Waals surface area contributed by atoms with Gasteiger partial charge in [-0.1, -0.05) is 19.4 Å². The molecular formula is C16H27NO3. The molecule has 0 heterocycles. The number of hydrogen-bond acceptors (Lipinski definition) is 4. The van der Waals surface area contributed by atoms with Crippen molar-refractivity contribution in [3.8, 4) is 11.5 Å². The van der Waals surface area contributed by atoms with E-state index < -0.39 is 0 Å². The Hall–Kier alpha value is -1.26. The van der Waals surface area contributed by atoms with Gasteiger partial charge in [0.2, 0.25) is 0 Å². The fraction of sp³-hybridized carbons (Fsp3) is 0.625. The van der Waals surface area contributed by atoms with E-state index in [-0.39, 0.29) is 12.1 Å². The molecule has 0 aliphatic heterocycles. The number of benzene rings is 1. The van der Waals surface area contributed by atoms with Crippen molar-refractivity contribution < 1.29 is 14.2 Å². The molecule has 0 saturated heterocycles. The van der Waals surface area contributed by atoms with Crippen LogP contribution in [0.2, 0.25) is 0 Å². The predicted octanol–water partition coefficient (Wildman–Crippen LogP) is 3.30. The van der Waals surface area contributed by atoms with E-state index in [2.05, 4.69) is 6.92 Å². The van der Waals surface area contributed by atoms with Gasteiger partial charge in [-0.2, -0.15) is 0 Å². The van der Waals surface area contributed by atoms with Gasteiger partial charge in [-0.3, -0.25) is 0 Å². The van der Waals surface area contributed by atoms with Crippen LogP contribution in [0.25, 0.3) is 0 Å². The van der Waals surface area contributed by atoms with Crippen molar-refractivity contribution in [3.63, 3.8) is 0 Å². The fourth-order valence-corrected chi connectivity index (χ4v) is 2.22. The molecule has 0 aliphatic carbocycles. The molecule has 0 fully saturated rings. The van der Waals surface area contributed by atoms with Crippen LogP contribution in [0.5, 0.6) is 11.5 Å². The summed E-state index contributed by atoms with van der Waals surface area (Å²) in [6.45, 7) is 7.25. The molecule has 4 nitrogen and oxygen atoms in total. The number of rotatable bonds is 9. The van der Waals surface area contributed by atoms with Crippen LogP contribution in [0.4, 0.5) is 0 Å². The Morgan fingerprint density at radius 3 is 2.25 bits per heavy atom. The first-order chi connectivity index (χ1) is 9.67. The van der Waals surface area contributed by atoms with Gasteiger partial charge in [0.25, 0.3) is 0 Å². The van der Waals surface area contributed by atoms with E-state index >= 15 is 0 Å². The highest BCUT2D eigenvalue weighted by molar-refractivity contribution is 5.44. The van der Waals surface area contributed by atoms with Crippen LogP contribution in [0, 0.1) is 0 Å². The molecule has 0 amide bonds. The highest BCUT2D eigenvalue weighted by atomic mass is 16.5. The highest BCUT2D eigenvalue weighted by Gasteiger charge is 2.20. The molecule has 0 radical (unpaired) electrons. The maximum Gasteiger partial charge on any atom is 0.161 e. The smallest absolute Gasteiger partial charge is 0.161 e. The normalized spacial score (nSPS) is 13.8. The van der Waals surface area contributed by atoms with Gasteiger partial charge in [0.05, 0.1) is 25.4 Å². The van der Waals surface area contributed by atoms with Crippen molar-refractivity contribution in [1.29, 1.82) is 0 Å². The second-order valence-corrected chi connectivity index (χ2v) is 4.66. The highest BCUT2D eigenvalue weighted by Crippen LogP contribution is 2.32. The molecule has 1 rings (SSSR count). The van der Waals surface area contributed by atoms with Crippen molar-refractivity contribution >= 4 is 0 Å². The van der Waals surface area contributed by atoms with E-state index in [1.807, 2.05) is 32.0 Å². The van der Waals surface area contributed by atoms with Crippen LogP contribution in [-0.4, -0.2) is 26.4 Å². The molecule has 1 aromatic carbocycles. The Bertz CT molecular complexity index is 395. The first kappa shape index (κ1) is 16.8. The van der Waals surface area contributed by atoms with E-state index in [0.717, 1.165) is 29.9 Å². The molecule has 2 atom stereocenters. The zero-order valence-corrected chi connectivity index (χ0v) is 13.0. The number of methoxy groups -OCH3 is 1. The van der Waals surface area contributed by atoms with Gasteiger partial charge in [-0.05, 0) is 38.0 Å². The zero-order chi connectivity index (χ0) is 15.0. The van der Waals surface area contributed by atoms with Gasteiger partial charge >= 0.3 is 0 Å². The largest absolute Gasteiger partial charge is 0.490 e. The van der Waals surface area contributed by atoms with E-state index in [4.69, 9.17) is 19.9 Å². The summed E-state index contributed by atoms with van der Waals surface area (Å²) in [6.07, 6.45) is 2.00. The molecule has 114 valence electrons. The van der Waals surface area contributed by atoms with Crippen molar-refractivity contribution in [3.05, 3.63) is 23.8 Å². The summed E-state index contributed by atoms with van der Waals surface area (Å²) in [5.74, 6) is 1.50. The Balaban J connectivity index is 2.97. The lowest BCUT2D eigenvalue weighted by molar-refractivity contribution is 0.0724. The minimum absolute atomic E-state index is 0.0208. The Labute approximate surface area is 122 Å². The van der Waals surface area contributed by atoms with Gasteiger partial charge in [0.15, 0.2) is 11.5 Å². The molecule has 4 heteroatoms. The lowest BCUT2D eigenvalue weighted by atomic mass is 9.98. The molecular weight excluding hydrogens is 254 g/mol. The quantitative estimate of drug-likeness (QED) is 0.754. The third kappa shape index (κ3) is 4.39. The standard InChI is InChI=1S/C16H27NO3/c1-5-8-14(18-4)16(17)12-9-10-13(19-6-2)15(11-12)20-7-3/h9-11,14,16H,5-8,17H2,1-4H3. The summed E-state index contributed by atoms with van der Waals surface area (Å²) in [4.78, 5) is 0. The average Bonchev–Trinajstić information content (AvgIpc) is 2.46. The van der Waals surface area contributed by atoms with Gasteiger partial charge in [-0.25, -0.2) is 0 Å². The molecule has 2 N–H and O–H groups in total. The van der Waals surface area contributed by atoms with Crippen LogP contribution in [0.3, 0.4) is 0 Å². The third-order valence-electron chi connectivity index (χ3n) is 3.23. The van der Waals surface area contributed by atoms with Gasteiger partial charge in [0.1, 0.15) is 0 Å². The zero-order valence-electron chi connectivity index (χ0n) is 13.0. The molecule has 1 aromatic rings. The van der Waals surface area contributed by atoms with Crippen LogP contribution >= 0.6 is 0 Å². The lowest BCUT2D eigenvalue weighted by Crippen LogP contribution is -2.28. The number of nitrogens with two attached hydrogens (primary N) is 1. The monoisotopic (exact) mass is 281 g/mol. The summed E-state index contributed by atoms with van der Waals surface area (Å²) in [6, 6.07) is 5.71. The van der Waals surface area contributed by atoms with Crippen molar-refractivity contribution in [2.24, 2.45) is 5.73 Å². The second kappa shape index (κ2) is 8.82. The van der Waals surface area contributed by atoms with Crippen molar-refractivity contribution in [1.82, 2.24) is 0 Å². The Morgan fingerprint density at radius 1 is 1.05 bits per heavy atom. The lowest BCUT2D eigenvalue weighted by Gasteiger charge is -2.23. The summed E-state index contributed by atoms with van der Waals surface area (Å²) < 4.78 is 16.7. The maximum absolute atomic E-state index is 6.30. The van der Waals surface area contributed by atoms with Crippen molar-refractivity contribution in [2.45, 2.75) is 45.8 Å². The van der Waals surface area contributed by atoms with Gasteiger partial charge in [-0.15, -0.1) is 0 Å². The molecule has 0 spiro atoms. The minimum atomic E-state index is -0.158. The molecule has 2 unspecified atom stereocenters. The SMILES string of the molecule is CCCC(OC)C(N)c1ccc(OCC)c(OCC)c1. The molecule has 0 saturated carbocycles. The van der Waals surface area contributed by atoms with E-state index in [0.29, 0.717) is 13.2 Å². The second-order valence-electron chi connectivity index (χ2n) is 4.66. The van der Waals surface area contributed by atoms with E-state index in [9.17, 15) is 0 Å². The van der Waals surface area contributed by atoms with E-state index in [1.165, 1.54) is 0 Å². The van der Waals surface area contributed by atoms with Crippen LogP contribution in [0.15, 0.2) is 18.2 Å². The van der Waals surface area contributed by atoms with Gasteiger partial charge < -0.3 is 19.9 Å². The van der Waals surface area contributed by atoms with E-state index in [1.54, 1.807) is 7.11 Å². The summed E-state index contributed by atoms with van der Waals surface area (Å²) >= 11 is 0. The molecule has 0 aromatic heterocycles. The third-order valence-corrected chi connectivity index (χ3v) is 3.23. The minimum Gasteiger partial charge on any atom is -0.490 e.